The minimum absolute atomic E-state index is 0.0109. The highest BCUT2D eigenvalue weighted by molar-refractivity contribution is 5.93. The fourth-order valence-corrected chi connectivity index (χ4v) is 1.82. The van der Waals surface area contributed by atoms with Gasteiger partial charge in [-0.15, -0.1) is 0 Å². The van der Waals surface area contributed by atoms with Crippen molar-refractivity contribution < 1.29 is 9.53 Å². The van der Waals surface area contributed by atoms with Crippen LogP contribution in [0.2, 0.25) is 0 Å². The van der Waals surface area contributed by atoms with Crippen LogP contribution in [0.25, 0.3) is 0 Å². The average molecular weight is 235 g/mol. The van der Waals surface area contributed by atoms with E-state index in [1.54, 1.807) is 12.3 Å². The van der Waals surface area contributed by atoms with Gasteiger partial charge in [-0.3, -0.25) is 4.79 Å². The Morgan fingerprint density at radius 3 is 3.00 bits per heavy atom. The number of nitrogens with two attached hydrogens (primary N) is 1. The van der Waals surface area contributed by atoms with E-state index in [0.29, 0.717) is 12.4 Å². The number of carbonyl (C=O) groups excluding carboxylic acids is 1. The first kappa shape index (κ1) is 12.0. The zero-order valence-corrected chi connectivity index (χ0v) is 9.85. The molecule has 92 valence electrons. The average Bonchev–Trinajstić information content (AvgIpc) is 2.81. The maximum Gasteiger partial charge on any atom is 0.254 e. The molecule has 1 aliphatic rings. The molecule has 0 aromatic carbocycles. The van der Waals surface area contributed by atoms with Gasteiger partial charge in [0, 0.05) is 12.7 Å². The third-order valence-electron chi connectivity index (χ3n) is 2.83. The maximum absolute atomic E-state index is 11.8. The van der Waals surface area contributed by atoms with Gasteiger partial charge in [-0.05, 0) is 31.4 Å². The van der Waals surface area contributed by atoms with E-state index in [2.05, 4.69) is 10.3 Å². The molecular weight excluding hydrogens is 218 g/mol. The van der Waals surface area contributed by atoms with Crippen molar-refractivity contribution in [2.24, 2.45) is 5.73 Å². The van der Waals surface area contributed by atoms with Crippen molar-refractivity contribution in [1.29, 1.82) is 0 Å². The second-order valence-electron chi connectivity index (χ2n) is 4.27. The highest BCUT2D eigenvalue weighted by Crippen LogP contribution is 2.20. The van der Waals surface area contributed by atoms with Gasteiger partial charge in [0.25, 0.3) is 5.91 Å². The molecule has 17 heavy (non-hydrogen) atoms. The molecule has 1 aliphatic heterocycles. The molecule has 2 unspecified atom stereocenters. The standard InChI is InChI=1S/C12H17N3O2/c1-8-2-5-11(14-7-8)15-12(16)10-4-3-9(6-13)17-10/h2,5,7,9-10H,3-4,6,13H2,1H3,(H,14,15,16). The van der Waals surface area contributed by atoms with Gasteiger partial charge >= 0.3 is 0 Å². The minimum Gasteiger partial charge on any atom is -0.364 e. The molecule has 2 heterocycles. The second kappa shape index (κ2) is 5.25. The maximum atomic E-state index is 11.8. The number of hydrogen-bond donors (Lipinski definition) is 2. The molecular formula is C12H17N3O2. The van der Waals surface area contributed by atoms with E-state index in [0.717, 1.165) is 18.4 Å². The summed E-state index contributed by atoms with van der Waals surface area (Å²) in [6, 6.07) is 3.68. The van der Waals surface area contributed by atoms with Crippen molar-refractivity contribution in [1.82, 2.24) is 4.98 Å². The van der Waals surface area contributed by atoms with Crippen molar-refractivity contribution in [3.63, 3.8) is 0 Å². The minimum atomic E-state index is -0.397. The number of ether oxygens (including phenoxy) is 1. The van der Waals surface area contributed by atoms with Crippen molar-refractivity contribution in [2.45, 2.75) is 32.0 Å². The number of rotatable bonds is 3. The van der Waals surface area contributed by atoms with Gasteiger partial charge in [0.2, 0.25) is 0 Å². The van der Waals surface area contributed by atoms with Gasteiger partial charge in [0.05, 0.1) is 6.10 Å². The van der Waals surface area contributed by atoms with Crippen LogP contribution in [-0.2, 0) is 9.53 Å². The van der Waals surface area contributed by atoms with Gasteiger partial charge in [0.15, 0.2) is 0 Å². The molecule has 1 fully saturated rings. The largest absolute Gasteiger partial charge is 0.364 e. The summed E-state index contributed by atoms with van der Waals surface area (Å²) in [4.78, 5) is 16.0. The van der Waals surface area contributed by atoms with Crippen LogP contribution in [0.3, 0.4) is 0 Å². The topological polar surface area (TPSA) is 77.2 Å². The first-order valence-corrected chi connectivity index (χ1v) is 5.78. The summed E-state index contributed by atoms with van der Waals surface area (Å²) in [6.45, 7) is 2.41. The third-order valence-corrected chi connectivity index (χ3v) is 2.83. The van der Waals surface area contributed by atoms with Crippen LogP contribution in [0, 0.1) is 6.92 Å². The van der Waals surface area contributed by atoms with Crippen LogP contribution >= 0.6 is 0 Å². The normalized spacial score (nSPS) is 23.6. The van der Waals surface area contributed by atoms with Crippen LogP contribution in [0.4, 0.5) is 5.82 Å². The van der Waals surface area contributed by atoms with Crippen LogP contribution in [0.1, 0.15) is 18.4 Å². The first-order valence-electron chi connectivity index (χ1n) is 5.78. The Bertz CT molecular complexity index is 391. The molecule has 1 aromatic rings. The summed E-state index contributed by atoms with van der Waals surface area (Å²) in [6.07, 6.45) is 2.90. The van der Waals surface area contributed by atoms with Crippen LogP contribution in [-0.4, -0.2) is 29.6 Å². The second-order valence-corrected chi connectivity index (χ2v) is 4.27. The SMILES string of the molecule is Cc1ccc(NC(=O)C2CCC(CN)O2)nc1. The fourth-order valence-electron chi connectivity index (χ4n) is 1.82. The summed E-state index contributed by atoms with van der Waals surface area (Å²) in [5.74, 6) is 0.415. The number of anilines is 1. The molecule has 1 amide bonds. The van der Waals surface area contributed by atoms with E-state index in [-0.39, 0.29) is 12.0 Å². The van der Waals surface area contributed by atoms with Crippen molar-refractivity contribution in [3.05, 3.63) is 23.9 Å². The summed E-state index contributed by atoms with van der Waals surface area (Å²) in [7, 11) is 0. The molecule has 0 spiro atoms. The number of hydrogen-bond acceptors (Lipinski definition) is 4. The molecule has 5 heteroatoms. The first-order chi connectivity index (χ1) is 8.19. The quantitative estimate of drug-likeness (QED) is 0.813. The zero-order chi connectivity index (χ0) is 12.3. The molecule has 5 nitrogen and oxygen atoms in total. The van der Waals surface area contributed by atoms with E-state index >= 15 is 0 Å². The van der Waals surface area contributed by atoms with E-state index in [4.69, 9.17) is 10.5 Å². The van der Waals surface area contributed by atoms with Gasteiger partial charge in [-0.25, -0.2) is 4.98 Å². The molecule has 1 saturated heterocycles. The lowest BCUT2D eigenvalue weighted by atomic mass is 10.2. The molecule has 0 radical (unpaired) electrons. The van der Waals surface area contributed by atoms with Gasteiger partial charge in [-0.2, -0.15) is 0 Å². The molecule has 2 atom stereocenters. The van der Waals surface area contributed by atoms with E-state index in [1.165, 1.54) is 0 Å². The van der Waals surface area contributed by atoms with Crippen molar-refractivity contribution in [2.75, 3.05) is 11.9 Å². The monoisotopic (exact) mass is 235 g/mol. The molecule has 1 aromatic heterocycles. The highest BCUT2D eigenvalue weighted by Gasteiger charge is 2.29. The van der Waals surface area contributed by atoms with Crippen molar-refractivity contribution in [3.8, 4) is 0 Å². The van der Waals surface area contributed by atoms with E-state index in [9.17, 15) is 4.79 Å². The third kappa shape index (κ3) is 3.01. The molecule has 3 N–H and O–H groups in total. The lowest BCUT2D eigenvalue weighted by Crippen LogP contribution is -2.30. The number of amides is 1. The summed E-state index contributed by atoms with van der Waals surface area (Å²) >= 11 is 0. The Labute approximate surface area is 100 Å². The highest BCUT2D eigenvalue weighted by atomic mass is 16.5. The number of aromatic nitrogens is 1. The summed E-state index contributed by atoms with van der Waals surface area (Å²) in [5, 5.41) is 2.74. The number of carbonyl (C=O) groups is 1. The van der Waals surface area contributed by atoms with Crippen LogP contribution in [0.5, 0.6) is 0 Å². The molecule has 2 rings (SSSR count). The van der Waals surface area contributed by atoms with Crippen molar-refractivity contribution >= 4 is 11.7 Å². The zero-order valence-electron chi connectivity index (χ0n) is 9.85. The Morgan fingerprint density at radius 2 is 2.41 bits per heavy atom. The lowest BCUT2D eigenvalue weighted by molar-refractivity contribution is -0.126. The van der Waals surface area contributed by atoms with Gasteiger partial charge in [-0.1, -0.05) is 6.07 Å². The smallest absolute Gasteiger partial charge is 0.254 e. The fraction of sp³-hybridized carbons (Fsp3) is 0.500. The summed E-state index contributed by atoms with van der Waals surface area (Å²) in [5.41, 5.74) is 6.55. The number of nitrogens with zero attached hydrogens (tertiary/aromatic N) is 1. The van der Waals surface area contributed by atoms with E-state index in [1.807, 2.05) is 13.0 Å². The Kier molecular flexibility index (Phi) is 3.71. The predicted molar refractivity (Wildman–Crippen MR) is 64.6 cm³/mol. The summed E-state index contributed by atoms with van der Waals surface area (Å²) < 4.78 is 5.50. The van der Waals surface area contributed by atoms with Gasteiger partial charge in [0.1, 0.15) is 11.9 Å². The Morgan fingerprint density at radius 1 is 1.59 bits per heavy atom. The number of nitrogens with one attached hydrogen (secondary N) is 1. The predicted octanol–water partition coefficient (Wildman–Crippen LogP) is 0.835. The van der Waals surface area contributed by atoms with E-state index < -0.39 is 6.10 Å². The van der Waals surface area contributed by atoms with Crippen LogP contribution < -0.4 is 11.1 Å². The lowest BCUT2D eigenvalue weighted by Gasteiger charge is -2.12. The Hall–Kier alpha value is -1.46. The Balaban J connectivity index is 1.91. The molecule has 0 saturated carbocycles. The van der Waals surface area contributed by atoms with Crippen LogP contribution in [0.15, 0.2) is 18.3 Å². The molecule has 0 aliphatic carbocycles. The molecule has 0 bridgehead atoms. The number of aryl methyl sites for hydroxylation is 1. The number of pyridine rings is 1. The van der Waals surface area contributed by atoms with Gasteiger partial charge < -0.3 is 15.8 Å².